The molecule has 0 aliphatic heterocycles. The van der Waals surface area contributed by atoms with Crippen LogP contribution in [0.25, 0.3) is 0 Å². The minimum absolute atomic E-state index is 0.600. The second-order valence-electron chi connectivity index (χ2n) is 5.28. The predicted octanol–water partition coefficient (Wildman–Crippen LogP) is 3.27. The molecule has 0 atom stereocenters. The van der Waals surface area contributed by atoms with Gasteiger partial charge in [-0.2, -0.15) is 0 Å². The van der Waals surface area contributed by atoms with E-state index in [2.05, 4.69) is 36.0 Å². The zero-order valence-corrected chi connectivity index (χ0v) is 13.7. The number of rotatable bonds is 9. The normalized spacial score (nSPS) is 11.3. The van der Waals surface area contributed by atoms with Crippen LogP contribution in [0.4, 0.5) is 5.82 Å². The molecule has 0 radical (unpaired) electrons. The van der Waals surface area contributed by atoms with E-state index in [-0.39, 0.29) is 0 Å². The molecule has 0 fully saturated rings. The summed E-state index contributed by atoms with van der Waals surface area (Å²) < 4.78 is 5.18. The number of nitrogens with one attached hydrogen (secondary N) is 1. The first kappa shape index (κ1) is 17.2. The molecule has 0 unspecified atom stereocenters. The van der Waals surface area contributed by atoms with E-state index in [9.17, 15) is 0 Å². The van der Waals surface area contributed by atoms with E-state index in [1.807, 2.05) is 12.1 Å². The van der Waals surface area contributed by atoms with Gasteiger partial charge in [-0.05, 0) is 25.0 Å². The second-order valence-corrected chi connectivity index (χ2v) is 5.68. The Morgan fingerprint density at radius 2 is 2.15 bits per heavy atom. The van der Waals surface area contributed by atoms with Crippen LogP contribution in [0.2, 0.25) is 5.02 Å². The lowest BCUT2D eigenvalue weighted by Crippen LogP contribution is -2.31. The molecule has 5 heteroatoms. The number of hydrogen-bond acceptors (Lipinski definition) is 4. The third kappa shape index (κ3) is 6.07. The number of aromatic nitrogens is 1. The van der Waals surface area contributed by atoms with Gasteiger partial charge in [0.15, 0.2) is 0 Å². The summed E-state index contributed by atoms with van der Waals surface area (Å²) in [6, 6.07) is 3.82. The molecule has 0 saturated carbocycles. The van der Waals surface area contributed by atoms with Crippen LogP contribution in [0.15, 0.2) is 12.1 Å². The number of halogens is 1. The van der Waals surface area contributed by atoms with Crippen molar-refractivity contribution in [1.82, 2.24) is 9.88 Å². The Morgan fingerprint density at radius 3 is 2.75 bits per heavy atom. The molecule has 0 saturated heterocycles. The van der Waals surface area contributed by atoms with Crippen molar-refractivity contribution in [3.05, 3.63) is 22.8 Å². The Labute approximate surface area is 127 Å². The monoisotopic (exact) mass is 299 g/mol. The Hall–Kier alpha value is -0.840. The zero-order valence-electron chi connectivity index (χ0n) is 12.9. The van der Waals surface area contributed by atoms with Gasteiger partial charge in [-0.1, -0.05) is 25.4 Å². The van der Waals surface area contributed by atoms with Crippen molar-refractivity contribution in [3.63, 3.8) is 0 Å². The van der Waals surface area contributed by atoms with E-state index >= 15 is 0 Å². The fraction of sp³-hybridized carbons (Fsp3) is 0.667. The van der Waals surface area contributed by atoms with Crippen LogP contribution < -0.4 is 5.32 Å². The van der Waals surface area contributed by atoms with E-state index in [1.165, 1.54) is 0 Å². The molecule has 0 amide bonds. The average molecular weight is 300 g/mol. The molecule has 1 N–H and O–H groups in total. The standard InChI is InChI=1S/C15H26ClN3O/c1-5-17-15-7-6-13(16)14(18-15)11-19(8-9-20-4)10-12(2)3/h6-7,12H,5,8-11H2,1-4H3,(H,17,18). The smallest absolute Gasteiger partial charge is 0.126 e. The lowest BCUT2D eigenvalue weighted by atomic mass is 10.2. The number of pyridine rings is 1. The van der Waals surface area contributed by atoms with E-state index < -0.39 is 0 Å². The molecule has 1 rings (SSSR count). The van der Waals surface area contributed by atoms with Crippen molar-refractivity contribution in [1.29, 1.82) is 0 Å². The lowest BCUT2D eigenvalue weighted by Gasteiger charge is -2.24. The topological polar surface area (TPSA) is 37.4 Å². The molecule has 114 valence electrons. The Balaban J connectivity index is 2.77. The Kier molecular flexibility index (Phi) is 7.88. The van der Waals surface area contributed by atoms with Crippen molar-refractivity contribution in [2.75, 3.05) is 38.7 Å². The van der Waals surface area contributed by atoms with Crippen LogP contribution >= 0.6 is 11.6 Å². The summed E-state index contributed by atoms with van der Waals surface area (Å²) in [6.07, 6.45) is 0. The second kappa shape index (κ2) is 9.16. The van der Waals surface area contributed by atoms with Gasteiger partial charge < -0.3 is 10.1 Å². The summed E-state index contributed by atoms with van der Waals surface area (Å²) in [5.74, 6) is 1.48. The van der Waals surface area contributed by atoms with Gasteiger partial charge in [0.1, 0.15) is 5.82 Å². The molecule has 1 aromatic rings. The minimum Gasteiger partial charge on any atom is -0.383 e. The van der Waals surface area contributed by atoms with Gasteiger partial charge in [0.25, 0.3) is 0 Å². The Bertz CT molecular complexity index is 399. The summed E-state index contributed by atoms with van der Waals surface area (Å²) in [6.45, 7) is 10.7. The molecule has 1 heterocycles. The highest BCUT2D eigenvalue weighted by atomic mass is 35.5. The molecule has 1 aromatic heterocycles. The van der Waals surface area contributed by atoms with Gasteiger partial charge in [0.2, 0.25) is 0 Å². The van der Waals surface area contributed by atoms with Crippen molar-refractivity contribution in [2.24, 2.45) is 5.92 Å². The first-order valence-electron chi connectivity index (χ1n) is 7.17. The third-order valence-electron chi connectivity index (χ3n) is 2.88. The highest BCUT2D eigenvalue weighted by Gasteiger charge is 2.12. The molecule has 0 aliphatic rings. The first-order chi connectivity index (χ1) is 9.56. The maximum Gasteiger partial charge on any atom is 0.126 e. The molecule has 0 aliphatic carbocycles. The minimum atomic E-state index is 0.600. The van der Waals surface area contributed by atoms with Gasteiger partial charge in [-0.15, -0.1) is 0 Å². The number of nitrogens with zero attached hydrogens (tertiary/aromatic N) is 2. The van der Waals surface area contributed by atoms with E-state index in [0.29, 0.717) is 5.92 Å². The summed E-state index contributed by atoms with van der Waals surface area (Å²) in [5, 5.41) is 3.94. The van der Waals surface area contributed by atoms with Gasteiger partial charge in [-0.3, -0.25) is 4.90 Å². The van der Waals surface area contributed by atoms with Crippen LogP contribution in [0.3, 0.4) is 0 Å². The van der Waals surface area contributed by atoms with Crippen molar-refractivity contribution in [2.45, 2.75) is 27.3 Å². The summed E-state index contributed by atoms with van der Waals surface area (Å²) >= 11 is 6.26. The van der Waals surface area contributed by atoms with Gasteiger partial charge >= 0.3 is 0 Å². The van der Waals surface area contributed by atoms with E-state index in [4.69, 9.17) is 16.3 Å². The van der Waals surface area contributed by atoms with Crippen LogP contribution in [0.5, 0.6) is 0 Å². The molecule has 0 bridgehead atoms. The zero-order chi connectivity index (χ0) is 15.0. The van der Waals surface area contributed by atoms with Crippen molar-refractivity contribution in [3.8, 4) is 0 Å². The van der Waals surface area contributed by atoms with Crippen LogP contribution in [0, 0.1) is 5.92 Å². The number of hydrogen-bond donors (Lipinski definition) is 1. The number of ether oxygens (including phenoxy) is 1. The molecule has 4 nitrogen and oxygen atoms in total. The largest absolute Gasteiger partial charge is 0.383 e. The molecule has 20 heavy (non-hydrogen) atoms. The van der Waals surface area contributed by atoms with Gasteiger partial charge in [-0.25, -0.2) is 4.98 Å². The van der Waals surface area contributed by atoms with Crippen LogP contribution in [-0.4, -0.2) is 43.2 Å². The van der Waals surface area contributed by atoms with Crippen molar-refractivity contribution >= 4 is 17.4 Å². The highest BCUT2D eigenvalue weighted by molar-refractivity contribution is 6.31. The van der Waals surface area contributed by atoms with E-state index in [1.54, 1.807) is 7.11 Å². The fourth-order valence-corrected chi connectivity index (χ4v) is 2.22. The number of methoxy groups -OCH3 is 1. The molecule has 0 spiro atoms. The predicted molar refractivity (Wildman–Crippen MR) is 85.4 cm³/mol. The summed E-state index contributed by atoms with van der Waals surface area (Å²) in [5.41, 5.74) is 0.918. The van der Waals surface area contributed by atoms with Crippen molar-refractivity contribution < 1.29 is 4.74 Å². The third-order valence-corrected chi connectivity index (χ3v) is 3.23. The maximum absolute atomic E-state index is 6.26. The first-order valence-corrected chi connectivity index (χ1v) is 7.55. The SMILES string of the molecule is CCNc1ccc(Cl)c(CN(CCOC)CC(C)C)n1. The van der Waals surface area contributed by atoms with Crippen LogP contribution in [-0.2, 0) is 11.3 Å². The van der Waals surface area contributed by atoms with E-state index in [0.717, 1.165) is 49.3 Å². The van der Waals surface area contributed by atoms with Crippen LogP contribution in [0.1, 0.15) is 26.5 Å². The summed E-state index contributed by atoms with van der Waals surface area (Å²) in [7, 11) is 1.73. The van der Waals surface area contributed by atoms with Gasteiger partial charge in [0.05, 0.1) is 17.3 Å². The number of anilines is 1. The van der Waals surface area contributed by atoms with Gasteiger partial charge in [0, 0.05) is 33.3 Å². The maximum atomic E-state index is 6.26. The summed E-state index contributed by atoms with van der Waals surface area (Å²) in [4.78, 5) is 6.92. The quantitative estimate of drug-likeness (QED) is 0.759. The average Bonchev–Trinajstić information content (AvgIpc) is 2.39. The molecular weight excluding hydrogens is 274 g/mol. The molecular formula is C15H26ClN3O. The lowest BCUT2D eigenvalue weighted by molar-refractivity contribution is 0.135. The Morgan fingerprint density at radius 1 is 1.40 bits per heavy atom. The fourth-order valence-electron chi connectivity index (χ4n) is 2.06. The molecule has 0 aromatic carbocycles. The highest BCUT2D eigenvalue weighted by Crippen LogP contribution is 2.19.